The molecule has 20 heavy (non-hydrogen) atoms. The highest BCUT2D eigenvalue weighted by Crippen LogP contribution is 2.20. The molecular formula is C15H24N2O2S. The standard InChI is InChI=1S/C15H24N2O2S/c1-4-16-7-9-17(10-8-16)12-14-6-5-13(2)11-15(14)20(3,18)19/h5-6,11H,4,7-10,12H2,1-3H3. The molecule has 0 bridgehead atoms. The van der Waals surface area contributed by atoms with E-state index in [4.69, 9.17) is 0 Å². The topological polar surface area (TPSA) is 40.6 Å². The summed E-state index contributed by atoms with van der Waals surface area (Å²) < 4.78 is 23.8. The highest BCUT2D eigenvalue weighted by Gasteiger charge is 2.19. The molecule has 1 heterocycles. The van der Waals surface area contributed by atoms with E-state index >= 15 is 0 Å². The van der Waals surface area contributed by atoms with E-state index in [2.05, 4.69) is 16.7 Å². The molecule has 112 valence electrons. The predicted molar refractivity (Wildman–Crippen MR) is 81.7 cm³/mol. The Hall–Kier alpha value is -0.910. The van der Waals surface area contributed by atoms with Gasteiger partial charge in [-0.3, -0.25) is 4.90 Å². The fourth-order valence-electron chi connectivity index (χ4n) is 2.64. The molecule has 1 aromatic carbocycles. The van der Waals surface area contributed by atoms with Crippen molar-refractivity contribution in [3.8, 4) is 0 Å². The fraction of sp³-hybridized carbons (Fsp3) is 0.600. The molecule has 0 aliphatic carbocycles. The smallest absolute Gasteiger partial charge is 0.175 e. The second-order valence-electron chi connectivity index (χ2n) is 5.59. The van der Waals surface area contributed by atoms with E-state index in [-0.39, 0.29) is 0 Å². The van der Waals surface area contributed by atoms with E-state index in [1.807, 2.05) is 19.1 Å². The summed E-state index contributed by atoms with van der Waals surface area (Å²) in [5, 5.41) is 0. The van der Waals surface area contributed by atoms with Gasteiger partial charge < -0.3 is 4.90 Å². The van der Waals surface area contributed by atoms with Crippen LogP contribution in [0.4, 0.5) is 0 Å². The molecular weight excluding hydrogens is 272 g/mol. The molecule has 0 N–H and O–H groups in total. The molecule has 1 aliphatic rings. The van der Waals surface area contributed by atoms with Gasteiger partial charge in [0.2, 0.25) is 0 Å². The van der Waals surface area contributed by atoms with Gasteiger partial charge in [0.1, 0.15) is 0 Å². The van der Waals surface area contributed by atoms with Gasteiger partial charge >= 0.3 is 0 Å². The average Bonchev–Trinajstić information content (AvgIpc) is 2.40. The van der Waals surface area contributed by atoms with Crippen LogP contribution >= 0.6 is 0 Å². The largest absolute Gasteiger partial charge is 0.301 e. The summed E-state index contributed by atoms with van der Waals surface area (Å²) in [6.07, 6.45) is 1.29. The Labute approximate surface area is 122 Å². The Balaban J connectivity index is 2.14. The van der Waals surface area contributed by atoms with Crippen LogP contribution in [-0.2, 0) is 16.4 Å². The van der Waals surface area contributed by atoms with Crippen LogP contribution in [0, 0.1) is 6.92 Å². The van der Waals surface area contributed by atoms with Crippen LogP contribution < -0.4 is 0 Å². The summed E-state index contributed by atoms with van der Waals surface area (Å²) in [6, 6.07) is 5.73. The summed E-state index contributed by atoms with van der Waals surface area (Å²) in [4.78, 5) is 5.24. The number of hydrogen-bond acceptors (Lipinski definition) is 4. The quantitative estimate of drug-likeness (QED) is 0.845. The van der Waals surface area contributed by atoms with Crippen molar-refractivity contribution < 1.29 is 8.42 Å². The minimum atomic E-state index is -3.16. The van der Waals surface area contributed by atoms with E-state index in [0.717, 1.165) is 50.4 Å². The molecule has 0 aromatic heterocycles. The number of nitrogens with zero attached hydrogens (tertiary/aromatic N) is 2. The number of hydrogen-bond donors (Lipinski definition) is 0. The first kappa shape index (κ1) is 15.5. The maximum atomic E-state index is 11.9. The number of sulfone groups is 1. The van der Waals surface area contributed by atoms with Crippen LogP contribution in [-0.4, -0.2) is 57.2 Å². The van der Waals surface area contributed by atoms with Crippen molar-refractivity contribution in [3.63, 3.8) is 0 Å². The van der Waals surface area contributed by atoms with Crippen LogP contribution in [0.2, 0.25) is 0 Å². The Morgan fingerprint density at radius 2 is 1.70 bits per heavy atom. The number of rotatable bonds is 4. The maximum Gasteiger partial charge on any atom is 0.175 e. The zero-order chi connectivity index (χ0) is 14.8. The molecule has 0 amide bonds. The lowest BCUT2D eigenvalue weighted by Gasteiger charge is -2.34. The van der Waals surface area contributed by atoms with Crippen molar-refractivity contribution in [1.29, 1.82) is 0 Å². The van der Waals surface area contributed by atoms with Gasteiger partial charge in [0.25, 0.3) is 0 Å². The monoisotopic (exact) mass is 296 g/mol. The Kier molecular flexibility index (Phi) is 4.83. The summed E-state index contributed by atoms with van der Waals surface area (Å²) in [6.45, 7) is 10.1. The fourth-order valence-corrected chi connectivity index (χ4v) is 3.65. The molecule has 1 fully saturated rings. The van der Waals surface area contributed by atoms with E-state index in [1.54, 1.807) is 6.07 Å². The number of benzene rings is 1. The van der Waals surface area contributed by atoms with Gasteiger partial charge in [0.15, 0.2) is 9.84 Å². The first-order valence-corrected chi connectivity index (χ1v) is 9.03. The Bertz CT molecular complexity index is 561. The third-order valence-electron chi connectivity index (χ3n) is 3.93. The molecule has 1 aliphatic heterocycles. The summed E-state index contributed by atoms with van der Waals surface area (Å²) >= 11 is 0. The van der Waals surface area contributed by atoms with Crippen LogP contribution in [0.5, 0.6) is 0 Å². The normalized spacial score (nSPS) is 18.4. The highest BCUT2D eigenvalue weighted by atomic mass is 32.2. The summed E-state index contributed by atoms with van der Waals surface area (Å²) in [5.41, 5.74) is 1.91. The summed E-state index contributed by atoms with van der Waals surface area (Å²) in [7, 11) is -3.16. The van der Waals surface area contributed by atoms with Gasteiger partial charge in [-0.25, -0.2) is 8.42 Å². The zero-order valence-electron chi connectivity index (χ0n) is 12.6. The van der Waals surface area contributed by atoms with Gasteiger partial charge in [-0.2, -0.15) is 0 Å². The Morgan fingerprint density at radius 1 is 1.10 bits per heavy atom. The van der Waals surface area contributed by atoms with Gasteiger partial charge in [-0.15, -0.1) is 0 Å². The van der Waals surface area contributed by atoms with Crippen molar-refractivity contribution in [1.82, 2.24) is 9.80 Å². The maximum absolute atomic E-state index is 11.9. The van der Waals surface area contributed by atoms with E-state index in [9.17, 15) is 8.42 Å². The van der Waals surface area contributed by atoms with Crippen LogP contribution in [0.15, 0.2) is 23.1 Å². The molecule has 2 rings (SSSR count). The SMILES string of the molecule is CCN1CCN(Cc2ccc(C)cc2S(C)(=O)=O)CC1. The Morgan fingerprint density at radius 3 is 2.25 bits per heavy atom. The average molecular weight is 296 g/mol. The molecule has 0 atom stereocenters. The third kappa shape index (κ3) is 3.81. The van der Waals surface area contributed by atoms with Gasteiger partial charge in [0, 0.05) is 39.0 Å². The zero-order valence-corrected chi connectivity index (χ0v) is 13.4. The van der Waals surface area contributed by atoms with Crippen molar-refractivity contribution in [2.24, 2.45) is 0 Å². The minimum absolute atomic E-state index is 0.482. The van der Waals surface area contributed by atoms with Gasteiger partial charge in [-0.05, 0) is 30.7 Å². The lowest BCUT2D eigenvalue weighted by atomic mass is 10.1. The second-order valence-corrected chi connectivity index (χ2v) is 7.58. The third-order valence-corrected chi connectivity index (χ3v) is 5.11. The predicted octanol–water partition coefficient (Wildman–Crippen LogP) is 1.54. The first-order chi connectivity index (χ1) is 9.40. The molecule has 0 spiro atoms. The van der Waals surface area contributed by atoms with Crippen molar-refractivity contribution in [2.75, 3.05) is 39.0 Å². The molecule has 0 unspecified atom stereocenters. The van der Waals surface area contributed by atoms with Gasteiger partial charge in [-0.1, -0.05) is 19.1 Å². The number of piperazine rings is 1. The van der Waals surface area contributed by atoms with Crippen LogP contribution in [0.1, 0.15) is 18.1 Å². The van der Waals surface area contributed by atoms with Crippen LogP contribution in [0.3, 0.4) is 0 Å². The molecule has 1 aromatic rings. The highest BCUT2D eigenvalue weighted by molar-refractivity contribution is 7.90. The van der Waals surface area contributed by atoms with E-state index in [1.165, 1.54) is 6.26 Å². The van der Waals surface area contributed by atoms with Crippen LogP contribution in [0.25, 0.3) is 0 Å². The lowest BCUT2D eigenvalue weighted by molar-refractivity contribution is 0.131. The van der Waals surface area contributed by atoms with Crippen molar-refractivity contribution >= 4 is 9.84 Å². The summed E-state index contributed by atoms with van der Waals surface area (Å²) in [5.74, 6) is 0. The minimum Gasteiger partial charge on any atom is -0.301 e. The molecule has 5 heteroatoms. The number of aryl methyl sites for hydroxylation is 1. The number of likely N-dealkylation sites (N-methyl/N-ethyl adjacent to an activating group) is 1. The molecule has 4 nitrogen and oxygen atoms in total. The van der Waals surface area contributed by atoms with Crippen molar-refractivity contribution in [3.05, 3.63) is 29.3 Å². The van der Waals surface area contributed by atoms with E-state index < -0.39 is 9.84 Å². The van der Waals surface area contributed by atoms with E-state index in [0.29, 0.717) is 4.90 Å². The molecule has 0 saturated carbocycles. The lowest BCUT2D eigenvalue weighted by Crippen LogP contribution is -2.45. The molecule has 1 saturated heterocycles. The molecule has 0 radical (unpaired) electrons. The first-order valence-electron chi connectivity index (χ1n) is 7.14. The van der Waals surface area contributed by atoms with Gasteiger partial charge in [0.05, 0.1) is 4.90 Å². The second kappa shape index (κ2) is 6.24. The van der Waals surface area contributed by atoms with Crippen molar-refractivity contribution in [2.45, 2.75) is 25.3 Å².